The first-order valence-electron chi connectivity index (χ1n) is 10.8. The van der Waals surface area contributed by atoms with Crippen molar-refractivity contribution >= 4 is 40.0 Å². The highest BCUT2D eigenvalue weighted by Crippen LogP contribution is 2.40. The molecule has 2 N–H and O–H groups in total. The summed E-state index contributed by atoms with van der Waals surface area (Å²) in [6.07, 6.45) is 2.69. The van der Waals surface area contributed by atoms with Gasteiger partial charge in [0, 0.05) is 17.0 Å². The Morgan fingerprint density at radius 1 is 1.33 bits per heavy atom. The van der Waals surface area contributed by atoms with E-state index in [4.69, 9.17) is 9.26 Å². The summed E-state index contributed by atoms with van der Waals surface area (Å²) in [4.78, 5) is 38.8. The third-order valence-corrected chi connectivity index (χ3v) is 7.68. The molecule has 0 radical (unpaired) electrons. The number of H-pyrrole nitrogens is 1. The van der Waals surface area contributed by atoms with Crippen LogP contribution >= 0.6 is 23.1 Å². The average Bonchev–Trinajstić information content (AvgIpc) is 3.32. The number of aromatic amines is 1. The maximum absolute atomic E-state index is 12.8. The van der Waals surface area contributed by atoms with E-state index >= 15 is 0 Å². The molecule has 0 aliphatic heterocycles. The first-order valence-corrected chi connectivity index (χ1v) is 12.6. The molecule has 3 aromatic rings. The minimum atomic E-state index is -0.554. The zero-order valence-corrected chi connectivity index (χ0v) is 20.4. The molecule has 1 unspecified atom stereocenters. The van der Waals surface area contributed by atoms with E-state index in [2.05, 4.69) is 17.5 Å². The number of amides is 1. The molecule has 33 heavy (non-hydrogen) atoms. The fraction of sp³-hybridized carbons (Fsp3) is 0.391. The van der Waals surface area contributed by atoms with Crippen LogP contribution in [-0.4, -0.2) is 29.5 Å². The molecule has 10 heteroatoms. The van der Waals surface area contributed by atoms with Crippen molar-refractivity contribution in [1.29, 1.82) is 0 Å². The molecule has 174 valence electrons. The average molecular weight is 489 g/mol. The van der Waals surface area contributed by atoms with Crippen LogP contribution in [0.5, 0.6) is 0 Å². The second-order valence-electron chi connectivity index (χ2n) is 8.07. The number of thiophene rings is 1. The summed E-state index contributed by atoms with van der Waals surface area (Å²) >= 11 is 2.51. The smallest absolute Gasteiger partial charge is 0.442 e. The molecule has 2 aromatic heterocycles. The molecule has 2 heterocycles. The number of thioether (sulfide) groups is 1. The molecule has 1 atom stereocenters. The van der Waals surface area contributed by atoms with Crippen molar-refractivity contribution in [2.75, 3.05) is 17.7 Å². The summed E-state index contributed by atoms with van der Waals surface area (Å²) in [6, 6.07) is 7.55. The first kappa shape index (κ1) is 23.3. The van der Waals surface area contributed by atoms with Gasteiger partial charge in [0.2, 0.25) is 11.6 Å². The Bertz CT molecular complexity index is 1230. The number of esters is 1. The van der Waals surface area contributed by atoms with Gasteiger partial charge in [-0.15, -0.1) is 11.3 Å². The zero-order valence-electron chi connectivity index (χ0n) is 18.7. The predicted octanol–water partition coefficient (Wildman–Crippen LogP) is 3.65. The second kappa shape index (κ2) is 9.96. The highest BCUT2D eigenvalue weighted by molar-refractivity contribution is 7.99. The molecule has 0 saturated carbocycles. The van der Waals surface area contributed by atoms with Crippen LogP contribution in [0.15, 0.2) is 38.6 Å². The molecule has 1 aromatic carbocycles. The third kappa shape index (κ3) is 5.06. The number of anilines is 1. The number of hydrogen-bond acceptors (Lipinski definition) is 7. The molecule has 8 nitrogen and oxygen atoms in total. The third-order valence-electron chi connectivity index (χ3n) is 5.48. The van der Waals surface area contributed by atoms with Crippen LogP contribution in [0.3, 0.4) is 0 Å². The van der Waals surface area contributed by atoms with Crippen molar-refractivity contribution in [3.63, 3.8) is 0 Å². The van der Waals surface area contributed by atoms with Crippen LogP contribution in [0, 0.1) is 12.8 Å². The zero-order chi connectivity index (χ0) is 23.5. The van der Waals surface area contributed by atoms with Crippen molar-refractivity contribution in [1.82, 2.24) is 5.27 Å². The highest BCUT2D eigenvalue weighted by atomic mass is 32.2. The lowest BCUT2D eigenvalue weighted by Gasteiger charge is -2.18. The van der Waals surface area contributed by atoms with E-state index < -0.39 is 11.6 Å². The Morgan fingerprint density at radius 2 is 2.09 bits per heavy atom. The number of rotatable bonds is 7. The van der Waals surface area contributed by atoms with Gasteiger partial charge >= 0.3 is 16.6 Å². The van der Waals surface area contributed by atoms with Gasteiger partial charge in [-0.2, -0.15) is 0 Å². The highest BCUT2D eigenvalue weighted by Gasteiger charge is 2.30. The van der Waals surface area contributed by atoms with Crippen LogP contribution < -0.4 is 15.6 Å². The molecule has 1 aliphatic rings. The van der Waals surface area contributed by atoms with Crippen molar-refractivity contribution in [2.45, 2.75) is 45.1 Å². The standard InChI is InChI=1S/C23H25N3O5S2/c1-4-30-22(28)19-16-10-7-14(3)11-17(16)33-20(19)24-18(27)12-32-21-23(29)31-25-26(21)15-8-5-13(2)6-9-15/h5-6,8-9,14H,4,7,10-12H2,1-3H3,(H-,24,25,27,28,29)/p+1. The summed E-state index contributed by atoms with van der Waals surface area (Å²) in [6.45, 7) is 6.19. The molecule has 1 amide bonds. The van der Waals surface area contributed by atoms with Crippen LogP contribution in [0.2, 0.25) is 0 Å². The van der Waals surface area contributed by atoms with Gasteiger partial charge in [-0.05, 0) is 66.3 Å². The molecule has 1 aliphatic carbocycles. The van der Waals surface area contributed by atoms with E-state index in [1.807, 2.05) is 31.2 Å². The maximum atomic E-state index is 12.8. The lowest BCUT2D eigenvalue weighted by atomic mass is 9.88. The largest absolute Gasteiger partial charge is 0.462 e. The normalized spacial score (nSPS) is 15.2. The number of nitrogens with one attached hydrogen (secondary N) is 2. The van der Waals surface area contributed by atoms with E-state index in [0.717, 1.165) is 52.7 Å². The first-order chi connectivity index (χ1) is 15.9. The lowest BCUT2D eigenvalue weighted by molar-refractivity contribution is -0.704. The molecular formula is C23H26N3O5S2+. The number of aromatic nitrogens is 2. The summed E-state index contributed by atoms with van der Waals surface area (Å²) in [7, 11) is 0. The van der Waals surface area contributed by atoms with Crippen LogP contribution in [0.4, 0.5) is 5.00 Å². The Morgan fingerprint density at radius 3 is 2.82 bits per heavy atom. The number of fused-ring (bicyclic) bond motifs is 1. The quantitative estimate of drug-likeness (QED) is 0.299. The Kier molecular flexibility index (Phi) is 7.04. The van der Waals surface area contributed by atoms with Crippen molar-refractivity contribution in [2.24, 2.45) is 5.92 Å². The summed E-state index contributed by atoms with van der Waals surface area (Å²) < 4.78 is 11.7. The van der Waals surface area contributed by atoms with Crippen molar-refractivity contribution < 1.29 is 23.5 Å². The van der Waals surface area contributed by atoms with Gasteiger partial charge in [-0.25, -0.2) is 9.59 Å². The van der Waals surface area contributed by atoms with Gasteiger partial charge in [0.1, 0.15) is 5.00 Å². The van der Waals surface area contributed by atoms with E-state index in [1.165, 1.54) is 16.0 Å². The van der Waals surface area contributed by atoms with Gasteiger partial charge in [-0.3, -0.25) is 9.32 Å². The molecule has 0 spiro atoms. The number of carbonyl (C=O) groups excluding carboxylic acids is 2. The number of nitrogens with zero attached hydrogens (tertiary/aromatic N) is 1. The van der Waals surface area contributed by atoms with Gasteiger partial charge in [0.25, 0.3) is 0 Å². The number of hydrogen-bond donors (Lipinski definition) is 2. The Hall–Kier alpha value is -2.85. The molecule has 4 rings (SSSR count). The maximum Gasteiger partial charge on any atom is 0.442 e. The molecule has 0 fully saturated rings. The fourth-order valence-corrected chi connectivity index (χ4v) is 5.99. The van der Waals surface area contributed by atoms with Crippen molar-refractivity contribution in [3.05, 3.63) is 56.3 Å². The van der Waals surface area contributed by atoms with E-state index in [1.54, 1.807) is 6.92 Å². The summed E-state index contributed by atoms with van der Waals surface area (Å²) in [5.74, 6) is -0.199. The Labute approximate surface area is 199 Å². The minimum Gasteiger partial charge on any atom is -0.462 e. The van der Waals surface area contributed by atoms with E-state index in [0.29, 0.717) is 16.5 Å². The topological polar surface area (TPSA) is 105 Å². The second-order valence-corrected chi connectivity index (χ2v) is 10.1. The van der Waals surface area contributed by atoms with Gasteiger partial charge < -0.3 is 10.1 Å². The molecule has 0 saturated heterocycles. The van der Waals surface area contributed by atoms with Gasteiger partial charge in [0.05, 0.1) is 17.9 Å². The number of aryl methyl sites for hydroxylation is 1. The molecular weight excluding hydrogens is 462 g/mol. The minimum absolute atomic E-state index is 0.0181. The van der Waals surface area contributed by atoms with Crippen LogP contribution in [0.25, 0.3) is 5.69 Å². The SMILES string of the molecule is CCOC(=O)c1c(NC(=O)CSc2c(=O)o[nH][n+]2-c2ccc(C)cc2)sc2c1CCC(C)C2. The number of ether oxygens (including phenoxy) is 1. The Balaban J connectivity index is 1.51. The van der Waals surface area contributed by atoms with E-state index in [9.17, 15) is 14.4 Å². The number of benzene rings is 1. The lowest BCUT2D eigenvalue weighted by Crippen LogP contribution is -2.36. The van der Waals surface area contributed by atoms with Crippen LogP contribution in [0.1, 0.15) is 46.6 Å². The number of carbonyl (C=O) groups is 2. The van der Waals surface area contributed by atoms with Gasteiger partial charge in [0.15, 0.2) is 0 Å². The summed E-state index contributed by atoms with van der Waals surface area (Å²) in [5.41, 5.74) is 2.71. The summed E-state index contributed by atoms with van der Waals surface area (Å²) in [5, 5.41) is 6.23. The van der Waals surface area contributed by atoms with Crippen molar-refractivity contribution in [3.8, 4) is 5.69 Å². The molecule has 0 bridgehead atoms. The van der Waals surface area contributed by atoms with E-state index in [-0.39, 0.29) is 23.3 Å². The fourth-order valence-electron chi connectivity index (χ4n) is 3.81. The predicted molar refractivity (Wildman–Crippen MR) is 126 cm³/mol. The van der Waals surface area contributed by atoms with Gasteiger partial charge in [-0.1, -0.05) is 24.6 Å². The van der Waals surface area contributed by atoms with Crippen LogP contribution in [-0.2, 0) is 22.4 Å². The monoisotopic (exact) mass is 488 g/mol.